The maximum atomic E-state index is 6.31. The fourth-order valence-corrected chi connectivity index (χ4v) is 3.72. The Morgan fingerprint density at radius 3 is 3.11 bits per heavy atom. The Kier molecular flexibility index (Phi) is 3.60. The standard InChI is InChI=1S/C15H21N3S/c1-2-11-4-3-8-18(9-7-11)12-5-6-13-15(14(12)16)17-10-19-13/h5-6,10-11H,2-4,7-9,16H2,1H3. The third-order valence-corrected chi connectivity index (χ3v) is 5.08. The van der Waals surface area contributed by atoms with Gasteiger partial charge in [0.25, 0.3) is 0 Å². The molecule has 0 amide bonds. The first-order chi connectivity index (χ1) is 9.29. The second kappa shape index (κ2) is 5.37. The molecule has 4 heteroatoms. The number of nitrogens with zero attached hydrogens (tertiary/aromatic N) is 2. The van der Waals surface area contributed by atoms with Gasteiger partial charge in [0.15, 0.2) is 0 Å². The minimum absolute atomic E-state index is 0.855. The molecule has 1 aliphatic rings. The third-order valence-electron chi connectivity index (χ3n) is 4.28. The van der Waals surface area contributed by atoms with E-state index < -0.39 is 0 Å². The van der Waals surface area contributed by atoms with Crippen molar-refractivity contribution in [1.29, 1.82) is 0 Å². The molecule has 0 saturated carbocycles. The summed E-state index contributed by atoms with van der Waals surface area (Å²) < 4.78 is 1.18. The van der Waals surface area contributed by atoms with E-state index in [1.165, 1.54) is 36.1 Å². The van der Waals surface area contributed by atoms with Crippen LogP contribution in [0, 0.1) is 5.92 Å². The first-order valence-corrected chi connectivity index (χ1v) is 8.04. The monoisotopic (exact) mass is 275 g/mol. The number of aromatic nitrogens is 1. The van der Waals surface area contributed by atoms with Crippen LogP contribution in [0.3, 0.4) is 0 Å². The van der Waals surface area contributed by atoms with Crippen LogP contribution in [-0.4, -0.2) is 18.1 Å². The van der Waals surface area contributed by atoms with Crippen LogP contribution in [0.25, 0.3) is 10.2 Å². The number of nitrogens with two attached hydrogens (primary N) is 1. The van der Waals surface area contributed by atoms with E-state index in [1.807, 2.05) is 5.51 Å². The number of hydrogen-bond acceptors (Lipinski definition) is 4. The van der Waals surface area contributed by atoms with Gasteiger partial charge in [-0.2, -0.15) is 0 Å². The van der Waals surface area contributed by atoms with Gasteiger partial charge in [-0.3, -0.25) is 0 Å². The Labute approximate surface area is 118 Å². The maximum absolute atomic E-state index is 6.31. The topological polar surface area (TPSA) is 42.2 Å². The van der Waals surface area contributed by atoms with Gasteiger partial charge in [-0.05, 0) is 37.3 Å². The normalized spacial score (nSPS) is 20.7. The lowest BCUT2D eigenvalue weighted by atomic mass is 9.98. The van der Waals surface area contributed by atoms with Gasteiger partial charge in [0.2, 0.25) is 0 Å². The summed E-state index contributed by atoms with van der Waals surface area (Å²) in [5, 5.41) is 0. The SMILES string of the molecule is CCC1CCCN(c2ccc3scnc3c2N)CC1. The first-order valence-electron chi connectivity index (χ1n) is 7.16. The lowest BCUT2D eigenvalue weighted by Gasteiger charge is -2.24. The molecule has 0 radical (unpaired) electrons. The molecule has 19 heavy (non-hydrogen) atoms. The molecule has 1 atom stereocenters. The van der Waals surface area contributed by atoms with Crippen LogP contribution in [0.1, 0.15) is 32.6 Å². The van der Waals surface area contributed by atoms with Crippen LogP contribution in [-0.2, 0) is 0 Å². The molecule has 3 rings (SSSR count). The molecule has 1 unspecified atom stereocenters. The van der Waals surface area contributed by atoms with E-state index in [1.54, 1.807) is 11.3 Å². The number of hydrogen-bond donors (Lipinski definition) is 1. The van der Waals surface area contributed by atoms with Crippen molar-refractivity contribution in [2.24, 2.45) is 5.92 Å². The van der Waals surface area contributed by atoms with Crippen molar-refractivity contribution in [2.75, 3.05) is 23.7 Å². The predicted octanol–water partition coefficient (Wildman–Crippen LogP) is 3.90. The molecule has 1 aliphatic heterocycles. The molecule has 1 aromatic carbocycles. The lowest BCUT2D eigenvalue weighted by molar-refractivity contribution is 0.459. The van der Waals surface area contributed by atoms with E-state index in [0.717, 1.165) is 30.2 Å². The zero-order valence-corrected chi connectivity index (χ0v) is 12.2. The van der Waals surface area contributed by atoms with Crippen molar-refractivity contribution >= 4 is 32.9 Å². The van der Waals surface area contributed by atoms with Crippen molar-refractivity contribution in [1.82, 2.24) is 4.98 Å². The Hall–Kier alpha value is -1.29. The molecular formula is C15H21N3S. The van der Waals surface area contributed by atoms with Gasteiger partial charge in [0.1, 0.15) is 5.52 Å². The molecule has 3 nitrogen and oxygen atoms in total. The summed E-state index contributed by atoms with van der Waals surface area (Å²) in [7, 11) is 0. The molecule has 1 saturated heterocycles. The number of thiazole rings is 1. The van der Waals surface area contributed by atoms with Gasteiger partial charge >= 0.3 is 0 Å². The van der Waals surface area contributed by atoms with E-state index >= 15 is 0 Å². The average molecular weight is 275 g/mol. The Morgan fingerprint density at radius 1 is 1.37 bits per heavy atom. The van der Waals surface area contributed by atoms with Gasteiger partial charge in [0.05, 0.1) is 21.6 Å². The second-order valence-electron chi connectivity index (χ2n) is 5.39. The zero-order chi connectivity index (χ0) is 13.2. The largest absolute Gasteiger partial charge is 0.395 e. The summed E-state index contributed by atoms with van der Waals surface area (Å²) in [4.78, 5) is 6.84. The molecule has 0 spiro atoms. The van der Waals surface area contributed by atoms with Crippen LogP contribution >= 0.6 is 11.3 Å². The Morgan fingerprint density at radius 2 is 2.26 bits per heavy atom. The first kappa shape index (κ1) is 12.7. The van der Waals surface area contributed by atoms with Crippen molar-refractivity contribution in [3.63, 3.8) is 0 Å². The van der Waals surface area contributed by atoms with E-state index in [0.29, 0.717) is 0 Å². The highest BCUT2D eigenvalue weighted by Crippen LogP contribution is 2.34. The average Bonchev–Trinajstić information content (AvgIpc) is 2.78. The van der Waals surface area contributed by atoms with Gasteiger partial charge in [0, 0.05) is 13.1 Å². The summed E-state index contributed by atoms with van der Waals surface area (Å²) >= 11 is 1.66. The third kappa shape index (κ3) is 2.41. The zero-order valence-electron chi connectivity index (χ0n) is 11.4. The summed E-state index contributed by atoms with van der Waals surface area (Å²) in [6.07, 6.45) is 5.21. The van der Waals surface area contributed by atoms with E-state index in [2.05, 4.69) is 28.9 Å². The van der Waals surface area contributed by atoms with E-state index in [-0.39, 0.29) is 0 Å². The smallest absolute Gasteiger partial charge is 0.106 e. The minimum Gasteiger partial charge on any atom is -0.395 e. The highest BCUT2D eigenvalue weighted by atomic mass is 32.1. The summed E-state index contributed by atoms with van der Waals surface area (Å²) in [6.45, 7) is 4.55. The fourth-order valence-electron chi connectivity index (χ4n) is 3.03. The Bertz CT molecular complexity index is 564. The highest BCUT2D eigenvalue weighted by Gasteiger charge is 2.18. The maximum Gasteiger partial charge on any atom is 0.106 e. The Balaban J connectivity index is 1.89. The molecule has 0 bridgehead atoms. The fraction of sp³-hybridized carbons (Fsp3) is 0.533. The lowest BCUT2D eigenvalue weighted by Crippen LogP contribution is -2.25. The quantitative estimate of drug-likeness (QED) is 0.845. The van der Waals surface area contributed by atoms with Crippen molar-refractivity contribution < 1.29 is 0 Å². The number of fused-ring (bicyclic) bond motifs is 1. The van der Waals surface area contributed by atoms with Crippen LogP contribution in [0.5, 0.6) is 0 Å². The van der Waals surface area contributed by atoms with Crippen LogP contribution in [0.15, 0.2) is 17.6 Å². The molecule has 2 aromatic rings. The molecule has 102 valence electrons. The molecule has 2 heterocycles. The number of anilines is 2. The summed E-state index contributed by atoms with van der Waals surface area (Å²) in [5.41, 5.74) is 11.2. The molecule has 1 fully saturated rings. The van der Waals surface area contributed by atoms with Gasteiger partial charge < -0.3 is 10.6 Å². The van der Waals surface area contributed by atoms with E-state index in [9.17, 15) is 0 Å². The predicted molar refractivity (Wildman–Crippen MR) is 83.9 cm³/mol. The molecule has 1 aromatic heterocycles. The second-order valence-corrected chi connectivity index (χ2v) is 6.28. The molecule has 0 aliphatic carbocycles. The van der Waals surface area contributed by atoms with Gasteiger partial charge in [-0.1, -0.05) is 13.3 Å². The van der Waals surface area contributed by atoms with Gasteiger partial charge in [-0.15, -0.1) is 11.3 Å². The van der Waals surface area contributed by atoms with Crippen molar-refractivity contribution in [3.05, 3.63) is 17.6 Å². The minimum atomic E-state index is 0.855. The van der Waals surface area contributed by atoms with Crippen molar-refractivity contribution in [2.45, 2.75) is 32.6 Å². The molecule has 2 N–H and O–H groups in total. The summed E-state index contributed by atoms with van der Waals surface area (Å²) in [5.74, 6) is 0.884. The van der Waals surface area contributed by atoms with E-state index in [4.69, 9.17) is 5.73 Å². The van der Waals surface area contributed by atoms with Crippen molar-refractivity contribution in [3.8, 4) is 0 Å². The van der Waals surface area contributed by atoms with Crippen LogP contribution in [0.2, 0.25) is 0 Å². The van der Waals surface area contributed by atoms with Crippen LogP contribution < -0.4 is 10.6 Å². The number of nitrogen functional groups attached to an aromatic ring is 1. The molecular weight excluding hydrogens is 254 g/mol. The summed E-state index contributed by atoms with van der Waals surface area (Å²) in [6, 6.07) is 4.32. The van der Waals surface area contributed by atoms with Gasteiger partial charge in [-0.25, -0.2) is 4.98 Å². The van der Waals surface area contributed by atoms with Crippen LogP contribution in [0.4, 0.5) is 11.4 Å². The highest BCUT2D eigenvalue weighted by molar-refractivity contribution is 7.16. The number of benzene rings is 1. The number of rotatable bonds is 2.